The molecule has 2 atom stereocenters. The van der Waals surface area contributed by atoms with Crippen LogP contribution in [0.4, 0.5) is 5.69 Å². The van der Waals surface area contributed by atoms with Crippen molar-refractivity contribution >= 4 is 11.7 Å². The molecular weight excluding hydrogens is 214 g/mol. The molecule has 0 heterocycles. The Hall–Kier alpha value is -1.51. The Balaban J connectivity index is 2.35. The van der Waals surface area contributed by atoms with Crippen molar-refractivity contribution in [3.63, 3.8) is 0 Å². The highest BCUT2D eigenvalue weighted by atomic mass is 16.5. The van der Waals surface area contributed by atoms with Gasteiger partial charge in [0, 0.05) is 5.69 Å². The van der Waals surface area contributed by atoms with Crippen LogP contribution in [0.25, 0.3) is 0 Å². The third kappa shape index (κ3) is 2.14. The molecule has 2 N–H and O–H groups in total. The van der Waals surface area contributed by atoms with Gasteiger partial charge in [-0.05, 0) is 42.4 Å². The number of carbonyl (C=O) groups excluding carboxylic acids is 1. The number of carbonyl (C=O) groups is 1. The minimum Gasteiger partial charge on any atom is -0.469 e. The van der Waals surface area contributed by atoms with Crippen LogP contribution < -0.4 is 5.73 Å². The molecule has 1 aliphatic carbocycles. The van der Waals surface area contributed by atoms with Crippen LogP contribution in [0.1, 0.15) is 36.8 Å². The Labute approximate surface area is 102 Å². The first-order valence-corrected chi connectivity index (χ1v) is 6.10. The summed E-state index contributed by atoms with van der Waals surface area (Å²) < 4.78 is 4.84. The number of nitrogen functional groups attached to an aromatic ring is 1. The molecule has 0 aliphatic heterocycles. The first kappa shape index (κ1) is 12.0. The number of ether oxygens (including phenoxy) is 1. The summed E-state index contributed by atoms with van der Waals surface area (Å²) in [5.41, 5.74) is 9.30. The summed E-state index contributed by atoms with van der Waals surface area (Å²) in [6.07, 6.45) is 3.15. The molecule has 0 saturated carbocycles. The zero-order valence-corrected chi connectivity index (χ0v) is 10.4. The second-order valence-corrected chi connectivity index (χ2v) is 4.73. The Morgan fingerprint density at radius 1 is 1.53 bits per heavy atom. The lowest BCUT2D eigenvalue weighted by molar-refractivity contribution is -0.145. The lowest BCUT2D eigenvalue weighted by Gasteiger charge is -2.29. The van der Waals surface area contributed by atoms with Crippen molar-refractivity contribution in [2.24, 2.45) is 5.92 Å². The molecule has 2 rings (SSSR count). The fourth-order valence-corrected chi connectivity index (χ4v) is 2.78. The quantitative estimate of drug-likeness (QED) is 0.630. The topological polar surface area (TPSA) is 52.3 Å². The molecule has 17 heavy (non-hydrogen) atoms. The van der Waals surface area contributed by atoms with Gasteiger partial charge in [-0.3, -0.25) is 4.79 Å². The summed E-state index contributed by atoms with van der Waals surface area (Å²) in [5.74, 6) is 0.0147. The van der Waals surface area contributed by atoms with Gasteiger partial charge >= 0.3 is 5.97 Å². The van der Waals surface area contributed by atoms with Crippen molar-refractivity contribution < 1.29 is 9.53 Å². The van der Waals surface area contributed by atoms with Gasteiger partial charge in [-0.15, -0.1) is 0 Å². The van der Waals surface area contributed by atoms with Gasteiger partial charge in [0.2, 0.25) is 0 Å². The van der Waals surface area contributed by atoms with Gasteiger partial charge in [0.1, 0.15) is 0 Å². The lowest BCUT2D eigenvalue weighted by atomic mass is 9.76. The predicted octanol–water partition coefficient (Wildman–Crippen LogP) is 2.50. The maximum Gasteiger partial charge on any atom is 0.308 e. The van der Waals surface area contributed by atoms with Gasteiger partial charge in [-0.1, -0.05) is 19.1 Å². The summed E-state index contributed by atoms with van der Waals surface area (Å²) in [6, 6.07) is 6.00. The second kappa shape index (κ2) is 4.78. The van der Waals surface area contributed by atoms with E-state index in [1.165, 1.54) is 18.2 Å². The summed E-state index contributed by atoms with van der Waals surface area (Å²) in [5, 5.41) is 0. The van der Waals surface area contributed by atoms with E-state index in [0.717, 1.165) is 24.9 Å². The van der Waals surface area contributed by atoms with E-state index in [1.54, 1.807) is 0 Å². The molecule has 2 unspecified atom stereocenters. The van der Waals surface area contributed by atoms with Crippen molar-refractivity contribution in [2.45, 2.75) is 32.1 Å². The van der Waals surface area contributed by atoms with Crippen molar-refractivity contribution in [3.8, 4) is 0 Å². The number of benzene rings is 1. The number of methoxy groups -OCH3 is 1. The molecule has 1 aromatic rings. The highest BCUT2D eigenvalue weighted by Gasteiger charge is 2.30. The molecule has 3 heteroatoms. The summed E-state index contributed by atoms with van der Waals surface area (Å²) in [7, 11) is 1.45. The largest absolute Gasteiger partial charge is 0.469 e. The van der Waals surface area contributed by atoms with Crippen molar-refractivity contribution in [1.82, 2.24) is 0 Å². The maximum atomic E-state index is 11.7. The van der Waals surface area contributed by atoms with Crippen LogP contribution in [-0.2, 0) is 16.0 Å². The molecular formula is C14H19NO2. The van der Waals surface area contributed by atoms with Crippen molar-refractivity contribution in [3.05, 3.63) is 29.3 Å². The predicted molar refractivity (Wildman–Crippen MR) is 67.7 cm³/mol. The van der Waals surface area contributed by atoms with Crippen LogP contribution in [0.15, 0.2) is 18.2 Å². The number of nitrogens with two attached hydrogens (primary N) is 1. The molecule has 0 spiro atoms. The number of anilines is 1. The minimum atomic E-state index is -0.134. The minimum absolute atomic E-state index is 0.0964. The van der Waals surface area contributed by atoms with E-state index in [-0.39, 0.29) is 17.8 Å². The van der Waals surface area contributed by atoms with Crippen LogP contribution in [0.2, 0.25) is 0 Å². The molecule has 0 bridgehead atoms. The number of esters is 1. The molecule has 1 aromatic carbocycles. The lowest BCUT2D eigenvalue weighted by Crippen LogP contribution is -2.24. The van der Waals surface area contributed by atoms with Gasteiger partial charge in [-0.2, -0.15) is 0 Å². The Morgan fingerprint density at radius 2 is 2.29 bits per heavy atom. The van der Waals surface area contributed by atoms with Gasteiger partial charge in [0.25, 0.3) is 0 Å². The van der Waals surface area contributed by atoms with Gasteiger partial charge in [0.05, 0.1) is 13.0 Å². The molecule has 3 nitrogen and oxygen atoms in total. The average Bonchev–Trinajstić information content (AvgIpc) is 2.37. The van der Waals surface area contributed by atoms with Crippen LogP contribution in [-0.4, -0.2) is 13.1 Å². The zero-order valence-electron chi connectivity index (χ0n) is 10.4. The molecule has 0 fully saturated rings. The molecule has 0 amide bonds. The first-order valence-electron chi connectivity index (χ1n) is 6.10. The second-order valence-electron chi connectivity index (χ2n) is 4.73. The summed E-state index contributed by atoms with van der Waals surface area (Å²) >= 11 is 0. The van der Waals surface area contributed by atoms with Crippen LogP contribution in [0.5, 0.6) is 0 Å². The van der Waals surface area contributed by atoms with E-state index in [2.05, 4.69) is 6.07 Å². The van der Waals surface area contributed by atoms with E-state index in [0.29, 0.717) is 0 Å². The highest BCUT2D eigenvalue weighted by Crippen LogP contribution is 2.39. The van der Waals surface area contributed by atoms with Crippen LogP contribution >= 0.6 is 0 Å². The average molecular weight is 233 g/mol. The standard InChI is InChI=1S/C14H19NO2/c1-9(14(16)17-2)10-5-3-7-12-11(10)6-4-8-13(12)15/h4,6,8-10H,3,5,7,15H2,1-2H3. The summed E-state index contributed by atoms with van der Waals surface area (Å²) in [4.78, 5) is 11.7. The van der Waals surface area contributed by atoms with E-state index in [9.17, 15) is 4.79 Å². The normalized spacial score (nSPS) is 20.5. The van der Waals surface area contributed by atoms with Crippen LogP contribution in [0, 0.1) is 5.92 Å². The van der Waals surface area contributed by atoms with E-state index >= 15 is 0 Å². The van der Waals surface area contributed by atoms with Crippen molar-refractivity contribution in [1.29, 1.82) is 0 Å². The number of fused-ring (bicyclic) bond motifs is 1. The Kier molecular flexibility index (Phi) is 3.36. The monoisotopic (exact) mass is 233 g/mol. The molecule has 0 saturated heterocycles. The molecule has 1 aliphatic rings. The van der Waals surface area contributed by atoms with E-state index < -0.39 is 0 Å². The molecule has 0 aromatic heterocycles. The Bertz CT molecular complexity index is 428. The number of hydrogen-bond donors (Lipinski definition) is 1. The summed E-state index contributed by atoms with van der Waals surface area (Å²) in [6.45, 7) is 1.94. The van der Waals surface area contributed by atoms with Crippen molar-refractivity contribution in [2.75, 3.05) is 12.8 Å². The third-order valence-electron chi connectivity index (χ3n) is 3.77. The fraction of sp³-hybridized carbons (Fsp3) is 0.500. The smallest absolute Gasteiger partial charge is 0.308 e. The highest BCUT2D eigenvalue weighted by molar-refractivity contribution is 5.73. The third-order valence-corrected chi connectivity index (χ3v) is 3.77. The van der Waals surface area contributed by atoms with E-state index in [4.69, 9.17) is 10.5 Å². The maximum absolute atomic E-state index is 11.7. The van der Waals surface area contributed by atoms with Gasteiger partial charge in [0.15, 0.2) is 0 Å². The zero-order chi connectivity index (χ0) is 12.4. The number of hydrogen-bond acceptors (Lipinski definition) is 3. The molecule has 92 valence electrons. The molecule has 0 radical (unpaired) electrons. The Morgan fingerprint density at radius 3 is 3.00 bits per heavy atom. The van der Waals surface area contributed by atoms with E-state index in [1.807, 2.05) is 19.1 Å². The van der Waals surface area contributed by atoms with Gasteiger partial charge < -0.3 is 10.5 Å². The van der Waals surface area contributed by atoms with Gasteiger partial charge in [-0.25, -0.2) is 0 Å². The first-order chi connectivity index (χ1) is 8.15. The SMILES string of the molecule is COC(=O)C(C)C1CCCc2c(N)cccc21. The number of rotatable bonds is 2. The fourth-order valence-electron chi connectivity index (χ4n) is 2.78. The van der Waals surface area contributed by atoms with Crippen LogP contribution in [0.3, 0.4) is 0 Å².